The first-order chi connectivity index (χ1) is 7.23. The lowest BCUT2D eigenvalue weighted by molar-refractivity contribution is 0.578. The van der Waals surface area contributed by atoms with Crippen molar-refractivity contribution in [3.63, 3.8) is 0 Å². The number of hydrogen-bond acceptors (Lipinski definition) is 3. The lowest BCUT2D eigenvalue weighted by Gasteiger charge is -2.17. The Kier molecular flexibility index (Phi) is 2.00. The van der Waals surface area contributed by atoms with Crippen LogP contribution in [0.15, 0.2) is 12.5 Å². The molecule has 1 aromatic rings. The highest BCUT2D eigenvalue weighted by Gasteiger charge is 2.53. The summed E-state index contributed by atoms with van der Waals surface area (Å²) in [6.07, 6.45) is 7.88. The summed E-state index contributed by atoms with van der Waals surface area (Å²) in [5.41, 5.74) is 2.78. The Balaban J connectivity index is 2.09. The first-order valence-corrected chi connectivity index (χ1v) is 7.44. The van der Waals surface area contributed by atoms with Crippen LogP contribution in [0.5, 0.6) is 0 Å². The number of aryl methyl sites for hydroxylation is 1. The van der Waals surface area contributed by atoms with E-state index in [2.05, 4.69) is 9.97 Å². The van der Waals surface area contributed by atoms with E-state index in [1.54, 1.807) is 12.5 Å². The van der Waals surface area contributed by atoms with Gasteiger partial charge in [0.2, 0.25) is 0 Å². The quantitative estimate of drug-likeness (QED) is 0.735. The van der Waals surface area contributed by atoms with Crippen LogP contribution in [0.2, 0.25) is 0 Å². The van der Waals surface area contributed by atoms with Crippen LogP contribution in [-0.2, 0) is 4.57 Å². The summed E-state index contributed by atoms with van der Waals surface area (Å²) < 4.78 is 13.1. The third kappa shape index (κ3) is 1.45. The van der Waals surface area contributed by atoms with E-state index in [0.717, 1.165) is 36.7 Å². The monoisotopic (exact) mass is 222 g/mol. The fourth-order valence-corrected chi connectivity index (χ4v) is 6.28. The molecular weight excluding hydrogens is 207 g/mol. The van der Waals surface area contributed by atoms with E-state index in [1.807, 2.05) is 6.92 Å². The van der Waals surface area contributed by atoms with Gasteiger partial charge in [0.1, 0.15) is 18.9 Å². The first-order valence-electron chi connectivity index (χ1n) is 5.59. The van der Waals surface area contributed by atoms with Crippen molar-refractivity contribution in [2.24, 2.45) is 0 Å². The molecule has 0 bridgehead atoms. The van der Waals surface area contributed by atoms with Crippen molar-refractivity contribution in [3.8, 4) is 0 Å². The van der Waals surface area contributed by atoms with Crippen LogP contribution >= 0.6 is 7.14 Å². The maximum absolute atomic E-state index is 13.1. The van der Waals surface area contributed by atoms with Crippen LogP contribution in [0, 0.1) is 6.92 Å². The first kappa shape index (κ1) is 9.53. The third-order valence-corrected chi connectivity index (χ3v) is 7.71. The summed E-state index contributed by atoms with van der Waals surface area (Å²) in [4.78, 5) is 8.28. The fraction of sp³-hybridized carbons (Fsp3) is 0.636. The van der Waals surface area contributed by atoms with Crippen LogP contribution in [0.3, 0.4) is 0 Å². The minimum atomic E-state index is -2.18. The number of rotatable bonds is 3. The highest BCUT2D eigenvalue weighted by atomic mass is 31.2. The van der Waals surface area contributed by atoms with Gasteiger partial charge < -0.3 is 4.57 Å². The molecule has 1 heterocycles. The predicted molar refractivity (Wildman–Crippen MR) is 60.1 cm³/mol. The summed E-state index contributed by atoms with van der Waals surface area (Å²) in [7, 11) is -2.18. The molecule has 0 spiro atoms. The zero-order valence-corrected chi connectivity index (χ0v) is 9.78. The Bertz CT molecular complexity index is 422. The fourth-order valence-electron chi connectivity index (χ4n) is 2.32. The van der Waals surface area contributed by atoms with Crippen molar-refractivity contribution in [1.29, 1.82) is 0 Å². The number of aromatic nitrogens is 2. The molecule has 2 aliphatic carbocycles. The van der Waals surface area contributed by atoms with Gasteiger partial charge in [-0.15, -0.1) is 0 Å². The molecule has 0 amide bonds. The summed E-state index contributed by atoms with van der Waals surface area (Å²) in [6.45, 7) is 1.98. The van der Waals surface area contributed by atoms with Crippen LogP contribution in [0.1, 0.15) is 31.2 Å². The molecule has 0 N–H and O–H groups in total. The van der Waals surface area contributed by atoms with Crippen LogP contribution in [0.4, 0.5) is 0 Å². The topological polar surface area (TPSA) is 42.9 Å². The zero-order valence-electron chi connectivity index (χ0n) is 8.89. The largest absolute Gasteiger partial charge is 0.316 e. The number of nitrogens with zero attached hydrogens (tertiary/aromatic N) is 2. The van der Waals surface area contributed by atoms with Gasteiger partial charge >= 0.3 is 0 Å². The summed E-state index contributed by atoms with van der Waals surface area (Å²) in [5, 5.41) is 0. The summed E-state index contributed by atoms with van der Waals surface area (Å²) in [6, 6.07) is 0. The van der Waals surface area contributed by atoms with E-state index in [-0.39, 0.29) is 0 Å². The van der Waals surface area contributed by atoms with E-state index < -0.39 is 7.14 Å². The molecular formula is C11H15N2OP. The average Bonchev–Trinajstić information content (AvgIpc) is 3.06. The standard InChI is InChI=1S/C11H15N2OP/c1-8-6-12-7-13-11(8)15(14,9-2-3-9)10-4-5-10/h6-7,9-10H,2-5H2,1H3. The van der Waals surface area contributed by atoms with E-state index in [0.29, 0.717) is 11.3 Å². The van der Waals surface area contributed by atoms with Gasteiger partial charge in [-0.2, -0.15) is 0 Å². The highest BCUT2D eigenvalue weighted by molar-refractivity contribution is 7.73. The second kappa shape index (κ2) is 3.15. The molecule has 15 heavy (non-hydrogen) atoms. The van der Waals surface area contributed by atoms with E-state index >= 15 is 0 Å². The Morgan fingerprint density at radius 1 is 1.27 bits per heavy atom. The zero-order chi connectivity index (χ0) is 10.5. The van der Waals surface area contributed by atoms with Crippen molar-refractivity contribution in [2.75, 3.05) is 0 Å². The minimum absolute atomic E-state index is 0.443. The normalized spacial score (nSPS) is 21.7. The molecule has 80 valence electrons. The molecule has 0 atom stereocenters. The molecule has 4 heteroatoms. The molecule has 2 fully saturated rings. The maximum Gasteiger partial charge on any atom is 0.139 e. The van der Waals surface area contributed by atoms with Gasteiger partial charge in [-0.05, 0) is 38.2 Å². The summed E-state index contributed by atoms with van der Waals surface area (Å²) >= 11 is 0. The second-order valence-electron chi connectivity index (χ2n) is 4.70. The maximum atomic E-state index is 13.1. The Morgan fingerprint density at radius 2 is 1.87 bits per heavy atom. The highest BCUT2D eigenvalue weighted by Crippen LogP contribution is 2.69. The molecule has 1 aromatic heterocycles. The molecule has 3 nitrogen and oxygen atoms in total. The summed E-state index contributed by atoms with van der Waals surface area (Å²) in [5.74, 6) is 0. The lowest BCUT2D eigenvalue weighted by atomic mass is 10.4. The molecule has 2 aliphatic rings. The van der Waals surface area contributed by atoms with Crippen molar-refractivity contribution in [3.05, 3.63) is 18.1 Å². The molecule has 0 saturated heterocycles. The molecule has 0 unspecified atom stereocenters. The van der Waals surface area contributed by atoms with Gasteiger partial charge in [-0.25, -0.2) is 9.97 Å². The molecule has 0 aliphatic heterocycles. The van der Waals surface area contributed by atoms with Gasteiger partial charge in [0, 0.05) is 17.5 Å². The van der Waals surface area contributed by atoms with E-state index in [4.69, 9.17) is 0 Å². The Labute approximate surface area is 89.7 Å². The van der Waals surface area contributed by atoms with Gasteiger partial charge in [0.25, 0.3) is 0 Å². The van der Waals surface area contributed by atoms with Gasteiger partial charge in [0.15, 0.2) is 0 Å². The van der Waals surface area contributed by atoms with Crippen molar-refractivity contribution < 1.29 is 4.57 Å². The average molecular weight is 222 g/mol. The number of hydrogen-bond donors (Lipinski definition) is 0. The Morgan fingerprint density at radius 3 is 2.33 bits per heavy atom. The molecule has 0 aromatic carbocycles. The predicted octanol–water partition coefficient (Wildman–Crippen LogP) is 2.10. The Hall–Kier alpha value is -0.690. The van der Waals surface area contributed by atoms with Crippen molar-refractivity contribution in [2.45, 2.75) is 43.9 Å². The van der Waals surface area contributed by atoms with Gasteiger partial charge in [0.05, 0.1) is 0 Å². The van der Waals surface area contributed by atoms with E-state index in [1.165, 1.54) is 0 Å². The molecule has 0 radical (unpaired) electrons. The molecule has 3 rings (SSSR count). The van der Waals surface area contributed by atoms with E-state index in [9.17, 15) is 4.57 Å². The SMILES string of the molecule is Cc1cncnc1P(=O)(C1CC1)C1CC1. The second-order valence-corrected chi connectivity index (χ2v) is 8.00. The minimum Gasteiger partial charge on any atom is -0.316 e. The van der Waals surface area contributed by atoms with Crippen LogP contribution < -0.4 is 5.44 Å². The van der Waals surface area contributed by atoms with Crippen LogP contribution in [0.25, 0.3) is 0 Å². The van der Waals surface area contributed by atoms with Crippen molar-refractivity contribution in [1.82, 2.24) is 9.97 Å². The third-order valence-electron chi connectivity index (χ3n) is 3.38. The van der Waals surface area contributed by atoms with Crippen LogP contribution in [-0.4, -0.2) is 21.3 Å². The smallest absolute Gasteiger partial charge is 0.139 e. The van der Waals surface area contributed by atoms with Gasteiger partial charge in [-0.1, -0.05) is 0 Å². The lowest BCUT2D eigenvalue weighted by Crippen LogP contribution is -2.19. The molecule has 2 saturated carbocycles. The van der Waals surface area contributed by atoms with Gasteiger partial charge in [-0.3, -0.25) is 0 Å². The van der Waals surface area contributed by atoms with Crippen molar-refractivity contribution >= 4 is 12.6 Å².